The van der Waals surface area contributed by atoms with Gasteiger partial charge in [0.05, 0.1) is 17.1 Å². The molecule has 0 radical (unpaired) electrons. The number of rotatable bonds is 6. The number of hydrogen-bond acceptors (Lipinski definition) is 3. The van der Waals surface area contributed by atoms with Crippen LogP contribution < -0.4 is 11.1 Å². The monoisotopic (exact) mass is 433 g/mol. The summed E-state index contributed by atoms with van der Waals surface area (Å²) in [4.78, 5) is 14.2. The Morgan fingerprint density at radius 2 is 1.48 bits per heavy atom. The van der Waals surface area contributed by atoms with Gasteiger partial charge in [0.2, 0.25) is 0 Å². The third-order valence-corrected chi connectivity index (χ3v) is 6.46. The van der Waals surface area contributed by atoms with E-state index in [1.165, 1.54) is 11.1 Å². The normalized spacial score (nSPS) is 21.7. The summed E-state index contributed by atoms with van der Waals surface area (Å²) in [6.07, 6.45) is 1.12. The molecular formula is C26H28ClN3O. The zero-order chi connectivity index (χ0) is 21.7. The van der Waals surface area contributed by atoms with Crippen molar-refractivity contribution in [3.8, 4) is 0 Å². The van der Waals surface area contributed by atoms with E-state index >= 15 is 0 Å². The summed E-state index contributed by atoms with van der Waals surface area (Å²) in [5.74, 6) is -0.108. The Morgan fingerprint density at radius 3 is 2.00 bits per heavy atom. The number of halogens is 1. The Bertz CT molecular complexity index is 944. The van der Waals surface area contributed by atoms with Crippen LogP contribution in [0, 0.1) is 0 Å². The second kappa shape index (κ2) is 9.65. The topological polar surface area (TPSA) is 58.4 Å². The average Bonchev–Trinajstić information content (AvgIpc) is 2.81. The van der Waals surface area contributed by atoms with Gasteiger partial charge >= 0.3 is 0 Å². The largest absolute Gasteiger partial charge is 0.350 e. The number of carbonyl (C=O) groups excluding carboxylic acids is 1. The fourth-order valence-corrected chi connectivity index (χ4v) is 4.66. The smallest absolute Gasteiger partial charge is 0.251 e. The Labute approximate surface area is 189 Å². The Morgan fingerprint density at radius 1 is 0.968 bits per heavy atom. The van der Waals surface area contributed by atoms with Crippen molar-refractivity contribution >= 4 is 17.5 Å². The zero-order valence-electron chi connectivity index (χ0n) is 17.5. The molecule has 4 rings (SSSR count). The van der Waals surface area contributed by atoms with Gasteiger partial charge in [0.15, 0.2) is 0 Å². The Kier molecular flexibility index (Phi) is 6.71. The average molecular weight is 434 g/mol. The molecule has 1 amide bonds. The van der Waals surface area contributed by atoms with E-state index in [1.807, 2.05) is 30.3 Å². The molecule has 3 aromatic carbocycles. The molecule has 3 aromatic rings. The number of nitrogens with two attached hydrogens (primary N) is 1. The summed E-state index contributed by atoms with van der Waals surface area (Å²) >= 11 is 6.94. The van der Waals surface area contributed by atoms with E-state index in [0.717, 1.165) is 13.0 Å². The van der Waals surface area contributed by atoms with E-state index in [-0.39, 0.29) is 18.1 Å². The molecule has 0 aromatic heterocycles. The molecule has 31 heavy (non-hydrogen) atoms. The molecule has 0 bridgehead atoms. The molecule has 160 valence electrons. The molecule has 0 spiro atoms. The zero-order valence-corrected chi connectivity index (χ0v) is 18.2. The highest BCUT2D eigenvalue weighted by Crippen LogP contribution is 2.38. The fourth-order valence-electron chi connectivity index (χ4n) is 4.35. The first kappa shape index (κ1) is 21.6. The van der Waals surface area contributed by atoms with Crippen LogP contribution in [-0.2, 0) is 0 Å². The highest BCUT2D eigenvalue weighted by atomic mass is 35.5. The number of benzene rings is 3. The quantitative estimate of drug-likeness (QED) is 0.560. The molecule has 1 saturated heterocycles. The van der Waals surface area contributed by atoms with Crippen molar-refractivity contribution < 1.29 is 4.79 Å². The lowest BCUT2D eigenvalue weighted by Crippen LogP contribution is -2.56. The van der Waals surface area contributed by atoms with Gasteiger partial charge in [-0.3, -0.25) is 9.69 Å². The summed E-state index contributed by atoms with van der Waals surface area (Å²) in [6.45, 7) is 1.14. The van der Waals surface area contributed by atoms with Crippen LogP contribution in [0.4, 0.5) is 0 Å². The van der Waals surface area contributed by atoms with Gasteiger partial charge in [-0.05, 0) is 36.1 Å². The highest BCUT2D eigenvalue weighted by molar-refractivity contribution is 6.24. The molecule has 1 fully saturated rings. The minimum Gasteiger partial charge on any atom is -0.350 e. The maximum Gasteiger partial charge on any atom is 0.251 e. The van der Waals surface area contributed by atoms with Gasteiger partial charge < -0.3 is 11.1 Å². The first-order chi connectivity index (χ1) is 15.1. The predicted octanol–water partition coefficient (Wildman–Crippen LogP) is 4.56. The second-order valence-electron chi connectivity index (χ2n) is 8.18. The van der Waals surface area contributed by atoms with Gasteiger partial charge in [-0.2, -0.15) is 0 Å². The minimum atomic E-state index is -0.557. The molecule has 1 aliphatic heterocycles. The molecular weight excluding hydrogens is 406 g/mol. The van der Waals surface area contributed by atoms with Crippen molar-refractivity contribution in [2.24, 2.45) is 5.73 Å². The number of nitrogens with one attached hydrogen (secondary N) is 1. The molecule has 0 aliphatic carbocycles. The van der Waals surface area contributed by atoms with E-state index in [4.69, 9.17) is 17.3 Å². The van der Waals surface area contributed by atoms with Gasteiger partial charge in [-0.15, -0.1) is 11.6 Å². The first-order valence-electron chi connectivity index (χ1n) is 10.7. The molecule has 1 aliphatic rings. The number of hydrogen-bond donors (Lipinski definition) is 2. The van der Waals surface area contributed by atoms with Gasteiger partial charge in [0.1, 0.15) is 0 Å². The summed E-state index contributed by atoms with van der Waals surface area (Å²) < 4.78 is 0. The lowest BCUT2D eigenvalue weighted by molar-refractivity contribution is 0.0857. The van der Waals surface area contributed by atoms with E-state index in [0.29, 0.717) is 18.5 Å². The van der Waals surface area contributed by atoms with E-state index in [2.05, 4.69) is 58.7 Å². The van der Waals surface area contributed by atoms with Crippen molar-refractivity contribution in [1.29, 1.82) is 0 Å². The van der Waals surface area contributed by atoms with Crippen LogP contribution in [0.5, 0.6) is 0 Å². The third-order valence-electron chi connectivity index (χ3n) is 5.98. The summed E-state index contributed by atoms with van der Waals surface area (Å²) in [5.41, 5.74) is 9.74. The predicted molar refractivity (Wildman–Crippen MR) is 126 cm³/mol. The Balaban J connectivity index is 1.47. The molecule has 5 heteroatoms. The van der Waals surface area contributed by atoms with Gasteiger partial charge in [0, 0.05) is 18.7 Å². The maximum atomic E-state index is 12.4. The number of piperidine rings is 1. The summed E-state index contributed by atoms with van der Waals surface area (Å²) in [7, 11) is 0. The summed E-state index contributed by atoms with van der Waals surface area (Å²) in [5, 5.41) is 2.99. The molecule has 2 atom stereocenters. The van der Waals surface area contributed by atoms with Crippen LogP contribution in [0.2, 0.25) is 0 Å². The number of likely N-dealkylation sites (tertiary alicyclic amines) is 1. The van der Waals surface area contributed by atoms with Crippen LogP contribution in [-0.4, -0.2) is 34.9 Å². The lowest BCUT2D eigenvalue weighted by atomic mass is 9.89. The van der Waals surface area contributed by atoms with Gasteiger partial charge in [-0.1, -0.05) is 78.9 Å². The number of amides is 1. The van der Waals surface area contributed by atoms with Crippen molar-refractivity contribution in [3.05, 3.63) is 108 Å². The maximum absolute atomic E-state index is 12.4. The van der Waals surface area contributed by atoms with E-state index < -0.39 is 4.87 Å². The van der Waals surface area contributed by atoms with Crippen molar-refractivity contribution in [3.63, 3.8) is 0 Å². The van der Waals surface area contributed by atoms with Crippen LogP contribution in [0.15, 0.2) is 91.0 Å². The summed E-state index contributed by atoms with van der Waals surface area (Å²) in [6, 6.07) is 30.2. The lowest BCUT2D eigenvalue weighted by Gasteiger charge is -2.45. The van der Waals surface area contributed by atoms with Crippen molar-refractivity contribution in [2.45, 2.75) is 29.9 Å². The molecule has 2 unspecified atom stereocenters. The Hall–Kier alpha value is -2.66. The molecule has 4 nitrogen and oxygen atoms in total. The SMILES string of the molecule is NC1CC(Cl)(CNC(=O)c2ccccc2)CCN1C(c1ccccc1)c1ccccc1. The highest BCUT2D eigenvalue weighted by Gasteiger charge is 2.40. The van der Waals surface area contributed by atoms with Crippen molar-refractivity contribution in [1.82, 2.24) is 10.2 Å². The van der Waals surface area contributed by atoms with Crippen molar-refractivity contribution in [2.75, 3.05) is 13.1 Å². The minimum absolute atomic E-state index is 0.0672. The third kappa shape index (κ3) is 5.16. The number of carbonyl (C=O) groups is 1. The van der Waals surface area contributed by atoms with Crippen LogP contribution in [0.1, 0.15) is 40.4 Å². The molecule has 1 heterocycles. The molecule has 3 N–H and O–H groups in total. The number of nitrogens with zero attached hydrogens (tertiary/aromatic N) is 1. The van der Waals surface area contributed by atoms with Crippen LogP contribution in [0.25, 0.3) is 0 Å². The van der Waals surface area contributed by atoms with Gasteiger partial charge in [0.25, 0.3) is 5.91 Å². The first-order valence-corrected chi connectivity index (χ1v) is 11.1. The van der Waals surface area contributed by atoms with E-state index in [9.17, 15) is 4.79 Å². The van der Waals surface area contributed by atoms with Gasteiger partial charge in [-0.25, -0.2) is 0 Å². The fraction of sp³-hybridized carbons (Fsp3) is 0.269. The van der Waals surface area contributed by atoms with E-state index in [1.54, 1.807) is 12.1 Å². The van der Waals surface area contributed by atoms with Crippen LogP contribution in [0.3, 0.4) is 0 Å². The molecule has 0 saturated carbocycles. The number of alkyl halides is 1. The standard InChI is InChI=1S/C26H28ClN3O/c27-26(19-29-25(31)22-14-8-3-9-15-22)16-17-30(23(28)18-26)24(20-10-4-1-5-11-20)21-12-6-2-7-13-21/h1-15,23-24H,16-19,28H2,(H,29,31). The van der Waals surface area contributed by atoms with Crippen LogP contribution >= 0.6 is 11.6 Å². The second-order valence-corrected chi connectivity index (χ2v) is 8.98.